The van der Waals surface area contributed by atoms with E-state index in [0.717, 1.165) is 5.56 Å². The molecule has 0 aromatic heterocycles. The predicted molar refractivity (Wildman–Crippen MR) is 197 cm³/mol. The summed E-state index contributed by atoms with van der Waals surface area (Å²) in [6.45, 7) is 16.7. The zero-order valence-electron chi connectivity index (χ0n) is 31.5. The molecule has 0 aliphatic heterocycles. The Morgan fingerprint density at radius 2 is 1.73 bits per heavy atom. The Morgan fingerprint density at radius 3 is 2.35 bits per heavy atom. The van der Waals surface area contributed by atoms with Gasteiger partial charge in [0.05, 0.1) is 11.7 Å². The molecule has 0 amide bonds. The normalized spacial score (nSPS) is 40.2. The summed E-state index contributed by atoms with van der Waals surface area (Å²) in [5.74, 6) is -2.92. The second kappa shape index (κ2) is 12.5. The standard InChI is InChI=1S/C43H57NO7/c1-9-44-24-28(31(45)21-25(2)37(48)49)26(3)30-22-42(50)19-20-43(51)29(16-15-27-13-11-10-12-14-27)35-38(4,5)33(47)17-18-39(35,6)34-32(46)23-40(30,7)41(42,8)36(34)43/h10-16,19-21,26,28-31,35,44-45,50-51H,9,17-18,22-24H2,1-8H3,(H,48,49). The minimum Gasteiger partial charge on any atom is -0.478 e. The molecule has 5 aliphatic carbocycles. The van der Waals surface area contributed by atoms with Gasteiger partial charge in [0.1, 0.15) is 11.4 Å². The molecule has 0 spiro atoms. The third-order valence-electron chi connectivity index (χ3n) is 14.9. The lowest BCUT2D eigenvalue weighted by atomic mass is 9.36. The van der Waals surface area contributed by atoms with Crippen LogP contribution in [0.3, 0.4) is 0 Å². The van der Waals surface area contributed by atoms with Crippen LogP contribution in [0.4, 0.5) is 0 Å². The number of benzene rings is 1. The van der Waals surface area contributed by atoms with Crippen molar-refractivity contribution < 1.29 is 34.8 Å². The van der Waals surface area contributed by atoms with Crippen LogP contribution < -0.4 is 5.32 Å². The van der Waals surface area contributed by atoms with Crippen LogP contribution in [0.15, 0.2) is 71.4 Å². The number of aliphatic hydroxyl groups excluding tert-OH is 1. The average Bonchev–Trinajstić information content (AvgIpc) is 3.25. The maximum Gasteiger partial charge on any atom is 0.331 e. The number of nitrogens with one attached hydrogen (secondary N) is 1. The summed E-state index contributed by atoms with van der Waals surface area (Å²) in [5, 5.41) is 50.8. The summed E-state index contributed by atoms with van der Waals surface area (Å²) >= 11 is 0. The van der Waals surface area contributed by atoms with Gasteiger partial charge in [0.25, 0.3) is 0 Å². The summed E-state index contributed by atoms with van der Waals surface area (Å²) in [6, 6.07) is 9.86. The molecule has 0 heterocycles. The summed E-state index contributed by atoms with van der Waals surface area (Å²) in [5.41, 5.74) is -4.34. The number of carboxylic acids is 1. The minimum absolute atomic E-state index is 0.0475. The number of Topliss-reactive ketones (excluding diaryl/α,β-unsaturated/α-hetero) is 2. The molecule has 2 saturated carbocycles. The quantitative estimate of drug-likeness (QED) is 0.149. The first-order chi connectivity index (χ1) is 23.7. The average molecular weight is 700 g/mol. The lowest BCUT2D eigenvalue weighted by molar-refractivity contribution is -0.162. The van der Waals surface area contributed by atoms with Gasteiger partial charge >= 0.3 is 5.97 Å². The Bertz CT molecular complexity index is 1740. The summed E-state index contributed by atoms with van der Waals surface area (Å²) < 4.78 is 0. The lowest BCUT2D eigenvalue weighted by Gasteiger charge is -2.68. The number of allylic oxidation sites excluding steroid dienone is 1. The van der Waals surface area contributed by atoms with Gasteiger partial charge in [0.2, 0.25) is 0 Å². The number of rotatable bonds is 10. The van der Waals surface area contributed by atoms with Crippen LogP contribution >= 0.6 is 0 Å². The molecule has 0 bridgehead atoms. The molecule has 0 saturated heterocycles. The monoisotopic (exact) mass is 699 g/mol. The fourth-order valence-electron chi connectivity index (χ4n) is 12.0. The molecule has 8 nitrogen and oxygen atoms in total. The van der Waals surface area contributed by atoms with Crippen molar-refractivity contribution in [3.05, 3.63) is 76.9 Å². The van der Waals surface area contributed by atoms with Crippen molar-refractivity contribution in [1.82, 2.24) is 5.32 Å². The van der Waals surface area contributed by atoms with Crippen molar-refractivity contribution in [2.24, 2.45) is 51.2 Å². The van der Waals surface area contributed by atoms with Crippen molar-refractivity contribution >= 4 is 23.6 Å². The van der Waals surface area contributed by atoms with Crippen molar-refractivity contribution in [1.29, 1.82) is 0 Å². The lowest BCUT2D eigenvalue weighted by Crippen LogP contribution is -2.69. The molecular weight excluding hydrogens is 642 g/mol. The topological polar surface area (TPSA) is 144 Å². The molecule has 2 fully saturated rings. The maximum absolute atomic E-state index is 15.0. The van der Waals surface area contributed by atoms with Crippen LogP contribution in [0.5, 0.6) is 0 Å². The van der Waals surface area contributed by atoms with Gasteiger partial charge in [-0.1, -0.05) is 97.0 Å². The van der Waals surface area contributed by atoms with E-state index in [1.54, 1.807) is 12.2 Å². The SMILES string of the molecule is CCNCC(C(O)C=C(C)C(=O)O)C(C)C1CC2(O)C=CC3(O)C4=C(C(=O)CC1(C)C42C)C1(C)CCC(=O)C(C)(C)C1C3C=Cc1ccccc1. The number of fused-ring (bicyclic) bond motifs is 2. The third kappa shape index (κ3) is 5.18. The van der Waals surface area contributed by atoms with Gasteiger partial charge in [0.15, 0.2) is 5.78 Å². The number of carbonyl (C=O) groups is 3. The molecule has 0 radical (unpaired) electrons. The van der Waals surface area contributed by atoms with Gasteiger partial charge in [-0.05, 0) is 72.8 Å². The molecule has 276 valence electrons. The number of hydrogen-bond acceptors (Lipinski definition) is 7. The van der Waals surface area contributed by atoms with Crippen LogP contribution in [0, 0.1) is 51.2 Å². The van der Waals surface area contributed by atoms with Crippen molar-refractivity contribution in [3.8, 4) is 0 Å². The van der Waals surface area contributed by atoms with E-state index in [9.17, 15) is 30.0 Å². The van der Waals surface area contributed by atoms with E-state index in [4.69, 9.17) is 0 Å². The van der Waals surface area contributed by atoms with Gasteiger partial charge in [-0.3, -0.25) is 9.59 Å². The number of aliphatic hydroxyl groups is 3. The van der Waals surface area contributed by atoms with Gasteiger partial charge in [0, 0.05) is 58.6 Å². The molecule has 11 atom stereocenters. The van der Waals surface area contributed by atoms with Crippen LogP contribution in [0.2, 0.25) is 0 Å². The predicted octanol–water partition coefficient (Wildman–Crippen LogP) is 5.93. The van der Waals surface area contributed by atoms with E-state index >= 15 is 4.79 Å². The highest BCUT2D eigenvalue weighted by atomic mass is 16.4. The highest BCUT2D eigenvalue weighted by Gasteiger charge is 2.78. The second-order valence-corrected chi connectivity index (χ2v) is 17.6. The first kappa shape index (κ1) is 37.6. The minimum atomic E-state index is -1.65. The number of carbonyl (C=O) groups excluding carboxylic acids is 2. The summed E-state index contributed by atoms with van der Waals surface area (Å²) in [4.78, 5) is 40.5. The van der Waals surface area contributed by atoms with E-state index in [1.165, 1.54) is 13.0 Å². The fraction of sp³-hybridized carbons (Fsp3) is 0.605. The Balaban J connectivity index is 1.56. The molecule has 11 unspecified atom stereocenters. The zero-order chi connectivity index (χ0) is 37.5. The first-order valence-electron chi connectivity index (χ1n) is 18.8. The highest BCUT2D eigenvalue weighted by Crippen LogP contribution is 2.78. The van der Waals surface area contributed by atoms with Crippen molar-refractivity contribution in [2.75, 3.05) is 13.1 Å². The Kier molecular flexibility index (Phi) is 9.19. The Morgan fingerprint density at radius 1 is 1.06 bits per heavy atom. The van der Waals surface area contributed by atoms with Gasteiger partial charge in [-0.2, -0.15) is 0 Å². The molecule has 5 N–H and O–H groups in total. The van der Waals surface area contributed by atoms with Crippen molar-refractivity contribution in [2.45, 2.75) is 98.4 Å². The van der Waals surface area contributed by atoms with Crippen molar-refractivity contribution in [3.63, 3.8) is 0 Å². The molecule has 1 aromatic carbocycles. The molecule has 5 aliphatic rings. The zero-order valence-corrected chi connectivity index (χ0v) is 31.5. The highest BCUT2D eigenvalue weighted by molar-refractivity contribution is 6.02. The van der Waals surface area contributed by atoms with Crippen LogP contribution in [-0.2, 0) is 14.4 Å². The Hall–Kier alpha value is -3.17. The fourth-order valence-corrected chi connectivity index (χ4v) is 12.0. The third-order valence-corrected chi connectivity index (χ3v) is 14.9. The largest absolute Gasteiger partial charge is 0.478 e. The number of carboxylic acid groups (broad SMARTS) is 1. The number of ketones is 2. The second-order valence-electron chi connectivity index (χ2n) is 17.6. The Labute approximate surface area is 302 Å². The van der Waals surface area contributed by atoms with E-state index in [-0.39, 0.29) is 41.3 Å². The number of aliphatic carboxylic acids is 1. The first-order valence-corrected chi connectivity index (χ1v) is 18.8. The molecule has 6 rings (SSSR count). The molecule has 1 aromatic rings. The smallest absolute Gasteiger partial charge is 0.331 e. The van der Waals surface area contributed by atoms with Crippen LogP contribution in [0.1, 0.15) is 86.6 Å². The maximum atomic E-state index is 15.0. The molecular formula is C43H57NO7. The molecule has 51 heavy (non-hydrogen) atoms. The van der Waals surface area contributed by atoms with Gasteiger partial charge in [-0.15, -0.1) is 0 Å². The van der Waals surface area contributed by atoms with E-state index < -0.39 is 56.8 Å². The van der Waals surface area contributed by atoms with E-state index in [2.05, 4.69) is 19.2 Å². The van der Waals surface area contributed by atoms with Crippen LogP contribution in [0.25, 0.3) is 6.08 Å². The van der Waals surface area contributed by atoms with Gasteiger partial charge in [-0.25, -0.2) is 4.79 Å². The van der Waals surface area contributed by atoms with E-state index in [1.807, 2.05) is 77.1 Å². The molecule has 8 heteroatoms. The van der Waals surface area contributed by atoms with Gasteiger partial charge < -0.3 is 25.7 Å². The van der Waals surface area contributed by atoms with E-state index in [0.29, 0.717) is 43.5 Å². The number of hydrogen-bond donors (Lipinski definition) is 5. The summed E-state index contributed by atoms with van der Waals surface area (Å²) in [7, 11) is 0. The van der Waals surface area contributed by atoms with Crippen LogP contribution in [-0.4, -0.2) is 68.4 Å². The summed E-state index contributed by atoms with van der Waals surface area (Å²) in [6.07, 6.45) is 9.12.